The summed E-state index contributed by atoms with van der Waals surface area (Å²) in [6.07, 6.45) is 2.92. The van der Waals surface area contributed by atoms with Gasteiger partial charge in [-0.25, -0.2) is 9.69 Å². The summed E-state index contributed by atoms with van der Waals surface area (Å²) in [5.41, 5.74) is 1.78. The Hall–Kier alpha value is -3.79. The van der Waals surface area contributed by atoms with Crippen LogP contribution in [0.1, 0.15) is 30.5 Å². The molecule has 0 spiro atoms. The maximum Gasteiger partial charge on any atom is 0.417 e. The van der Waals surface area contributed by atoms with Crippen LogP contribution in [-0.2, 0) is 35.1 Å². The molecule has 0 unspecified atom stereocenters. The van der Waals surface area contributed by atoms with Crippen molar-refractivity contribution in [3.8, 4) is 0 Å². The smallest absolute Gasteiger partial charge is 0.417 e. The molecule has 39 heavy (non-hydrogen) atoms. The van der Waals surface area contributed by atoms with Gasteiger partial charge in [-0.05, 0) is 42.7 Å². The van der Waals surface area contributed by atoms with Gasteiger partial charge in [-0.3, -0.25) is 9.59 Å². The van der Waals surface area contributed by atoms with E-state index in [1.807, 2.05) is 60.7 Å². The number of cyclic esters (lactones) is 1. The lowest BCUT2D eigenvalue weighted by Crippen LogP contribution is -2.45. The second kappa shape index (κ2) is 13.8. The van der Waals surface area contributed by atoms with E-state index in [9.17, 15) is 19.5 Å². The third kappa shape index (κ3) is 7.41. The van der Waals surface area contributed by atoms with E-state index in [0.717, 1.165) is 16.0 Å². The van der Waals surface area contributed by atoms with E-state index >= 15 is 0 Å². The largest absolute Gasteiger partial charge is 0.482 e. The van der Waals surface area contributed by atoms with Crippen LogP contribution in [0.25, 0.3) is 0 Å². The van der Waals surface area contributed by atoms with Gasteiger partial charge >= 0.3 is 6.09 Å². The van der Waals surface area contributed by atoms with Gasteiger partial charge in [-0.1, -0.05) is 60.7 Å². The van der Waals surface area contributed by atoms with Crippen molar-refractivity contribution in [2.24, 2.45) is 5.92 Å². The molecule has 2 aromatic carbocycles. The molecule has 2 aliphatic heterocycles. The van der Waals surface area contributed by atoms with E-state index in [2.05, 4.69) is 0 Å². The van der Waals surface area contributed by atoms with Gasteiger partial charge in [0.15, 0.2) is 11.9 Å². The van der Waals surface area contributed by atoms with Crippen LogP contribution in [0.2, 0.25) is 0 Å². The number of carbonyl (C=O) groups is 3. The van der Waals surface area contributed by atoms with Crippen molar-refractivity contribution in [3.05, 3.63) is 95.8 Å². The molecule has 9 heteroatoms. The third-order valence-electron chi connectivity index (χ3n) is 6.54. The molecule has 2 aliphatic rings. The molecule has 2 heterocycles. The second-order valence-electron chi connectivity index (χ2n) is 9.35. The molecular formula is C30H33NO8. The fraction of sp³-hybridized carbons (Fsp3) is 0.367. The SMILES string of the molecule is C[C@@H](C(=O)N1C(=O)OC[C@H]1c1ccccc1)[C@H]1OC(=CCCOC[C@@H](CO)OCc2ccccc2)C=CC1=O. The number of aliphatic hydroxyl groups excluding tert-OH is 1. The van der Waals surface area contributed by atoms with Crippen LogP contribution in [-0.4, -0.2) is 66.4 Å². The average Bonchev–Trinajstić information content (AvgIpc) is 3.36. The molecule has 1 N–H and O–H groups in total. The van der Waals surface area contributed by atoms with Crippen molar-refractivity contribution in [3.63, 3.8) is 0 Å². The number of allylic oxidation sites excluding steroid dienone is 1. The lowest BCUT2D eigenvalue weighted by Gasteiger charge is -2.29. The third-order valence-corrected chi connectivity index (χ3v) is 6.54. The fourth-order valence-electron chi connectivity index (χ4n) is 4.34. The van der Waals surface area contributed by atoms with E-state index in [0.29, 0.717) is 25.4 Å². The number of carbonyl (C=O) groups excluding carboxylic acids is 3. The second-order valence-corrected chi connectivity index (χ2v) is 9.35. The van der Waals surface area contributed by atoms with Crippen molar-refractivity contribution in [2.45, 2.75) is 38.2 Å². The van der Waals surface area contributed by atoms with E-state index in [-0.39, 0.29) is 25.6 Å². The topological polar surface area (TPSA) is 112 Å². The number of amides is 2. The Bertz CT molecular complexity index is 1180. The van der Waals surface area contributed by atoms with Crippen molar-refractivity contribution in [2.75, 3.05) is 26.4 Å². The Morgan fingerprint density at radius 3 is 2.54 bits per heavy atom. The molecule has 0 saturated carbocycles. The lowest BCUT2D eigenvalue weighted by molar-refractivity contribution is -0.142. The summed E-state index contributed by atoms with van der Waals surface area (Å²) in [5.74, 6) is -1.36. The van der Waals surface area contributed by atoms with E-state index in [1.54, 1.807) is 19.1 Å². The van der Waals surface area contributed by atoms with Crippen molar-refractivity contribution >= 4 is 17.8 Å². The van der Waals surface area contributed by atoms with E-state index in [1.165, 1.54) is 6.08 Å². The Morgan fingerprint density at radius 2 is 1.82 bits per heavy atom. The fourth-order valence-corrected chi connectivity index (χ4v) is 4.34. The number of ketones is 1. The molecule has 4 rings (SSSR count). The van der Waals surface area contributed by atoms with Crippen molar-refractivity contribution in [1.29, 1.82) is 0 Å². The highest BCUT2D eigenvalue weighted by molar-refractivity contribution is 6.01. The molecule has 2 amide bonds. The Morgan fingerprint density at radius 1 is 1.10 bits per heavy atom. The van der Waals surface area contributed by atoms with Gasteiger partial charge in [0, 0.05) is 0 Å². The van der Waals surface area contributed by atoms with Gasteiger partial charge in [-0.15, -0.1) is 0 Å². The van der Waals surface area contributed by atoms with Gasteiger partial charge < -0.3 is 24.1 Å². The average molecular weight is 536 g/mol. The first-order valence-corrected chi connectivity index (χ1v) is 13.0. The van der Waals surface area contributed by atoms with Crippen LogP contribution in [0.5, 0.6) is 0 Å². The molecular weight excluding hydrogens is 502 g/mol. The van der Waals surface area contributed by atoms with E-state index in [4.69, 9.17) is 18.9 Å². The van der Waals surface area contributed by atoms with Crippen LogP contribution in [0.4, 0.5) is 4.79 Å². The van der Waals surface area contributed by atoms with Crippen LogP contribution in [0, 0.1) is 5.92 Å². The number of imide groups is 1. The molecule has 206 valence electrons. The minimum absolute atomic E-state index is 0.0558. The summed E-state index contributed by atoms with van der Waals surface area (Å²) in [4.78, 5) is 39.4. The summed E-state index contributed by atoms with van der Waals surface area (Å²) in [6.45, 7) is 2.42. The van der Waals surface area contributed by atoms with Gasteiger partial charge in [0.1, 0.15) is 24.5 Å². The number of nitrogens with zero attached hydrogens (tertiary/aromatic N) is 1. The van der Waals surface area contributed by atoms with Crippen molar-refractivity contribution in [1.82, 2.24) is 4.90 Å². The predicted molar refractivity (Wildman–Crippen MR) is 141 cm³/mol. The zero-order chi connectivity index (χ0) is 27.6. The van der Waals surface area contributed by atoms with Gasteiger partial charge in [0.2, 0.25) is 5.91 Å². The lowest BCUT2D eigenvalue weighted by atomic mass is 9.96. The highest BCUT2D eigenvalue weighted by Gasteiger charge is 2.44. The summed E-state index contributed by atoms with van der Waals surface area (Å²) in [7, 11) is 0. The first-order valence-electron chi connectivity index (χ1n) is 13.0. The molecule has 1 fully saturated rings. The molecule has 0 aliphatic carbocycles. The maximum absolute atomic E-state index is 13.3. The Labute approximate surface area is 227 Å². The van der Waals surface area contributed by atoms with Gasteiger partial charge in [0.25, 0.3) is 0 Å². The Balaban J connectivity index is 1.27. The normalized spacial score (nSPS) is 21.5. The van der Waals surface area contributed by atoms with Crippen LogP contribution >= 0.6 is 0 Å². The number of benzene rings is 2. The first-order chi connectivity index (χ1) is 19.0. The van der Waals surface area contributed by atoms with E-state index < -0.39 is 36.2 Å². The van der Waals surface area contributed by atoms with Gasteiger partial charge in [-0.2, -0.15) is 0 Å². The first kappa shape index (κ1) is 28.2. The highest BCUT2D eigenvalue weighted by Crippen LogP contribution is 2.31. The molecule has 1 saturated heterocycles. The standard InChI is InChI=1S/C30H33NO8/c1-21(29(34)31-26(20-38-30(31)35)23-11-6-3-7-12-23)28-27(33)15-14-24(39-28)13-8-16-36-19-25(17-32)37-18-22-9-4-2-5-10-22/h2-7,9-15,21,25-26,28,32H,8,16-20H2,1H3/t21-,25-,26+,28-/m1/s1. The number of ether oxygens (including phenoxy) is 4. The minimum atomic E-state index is -1.07. The van der Waals surface area contributed by atoms with Crippen LogP contribution < -0.4 is 0 Å². The zero-order valence-electron chi connectivity index (χ0n) is 21.8. The molecule has 2 aromatic rings. The molecule has 4 atom stereocenters. The van der Waals surface area contributed by atoms with Crippen LogP contribution in [0.3, 0.4) is 0 Å². The Kier molecular flexibility index (Phi) is 10.0. The maximum atomic E-state index is 13.3. The monoisotopic (exact) mass is 535 g/mol. The van der Waals surface area contributed by atoms with Gasteiger partial charge in [0.05, 0.1) is 32.3 Å². The predicted octanol–water partition coefficient (Wildman–Crippen LogP) is 3.74. The van der Waals surface area contributed by atoms with Crippen LogP contribution in [0.15, 0.2) is 84.7 Å². The number of hydrogen-bond donors (Lipinski definition) is 1. The summed E-state index contributed by atoms with van der Waals surface area (Å²) < 4.78 is 22.4. The minimum Gasteiger partial charge on any atom is -0.482 e. The summed E-state index contributed by atoms with van der Waals surface area (Å²) >= 11 is 0. The number of aliphatic hydroxyl groups is 1. The quantitative estimate of drug-likeness (QED) is 0.409. The number of hydrogen-bond acceptors (Lipinski definition) is 8. The summed E-state index contributed by atoms with van der Waals surface area (Å²) in [6, 6.07) is 18.3. The molecule has 0 radical (unpaired) electrons. The molecule has 0 aromatic heterocycles. The molecule has 0 bridgehead atoms. The highest BCUT2D eigenvalue weighted by atomic mass is 16.6. The number of rotatable bonds is 12. The summed E-state index contributed by atoms with van der Waals surface area (Å²) in [5, 5.41) is 9.55. The zero-order valence-corrected chi connectivity index (χ0v) is 21.8. The molecule has 9 nitrogen and oxygen atoms in total. The van der Waals surface area contributed by atoms with Crippen molar-refractivity contribution < 1.29 is 38.4 Å².